The summed E-state index contributed by atoms with van der Waals surface area (Å²) in [6, 6.07) is 8.11. The van der Waals surface area contributed by atoms with E-state index in [0.29, 0.717) is 12.8 Å². The lowest BCUT2D eigenvalue weighted by Gasteiger charge is -2.47. The van der Waals surface area contributed by atoms with Crippen molar-refractivity contribution in [2.75, 3.05) is 26.2 Å². The maximum Gasteiger partial charge on any atom is 0.226 e. The molecule has 0 saturated carbocycles. The standard InChI is InChI=1S/C23H30N4O2/c1-18-4-2-3-5-19(18)14-22(29)26-12-9-23(10-13-26)8-6-21(28)27(16-23)11-7-20-15-24-17-25-20/h2-5,15,17H,6-14,16H2,1H3,(H,24,25). The molecule has 2 saturated heterocycles. The van der Waals surface area contributed by atoms with E-state index in [2.05, 4.69) is 23.0 Å². The number of hydrogen-bond acceptors (Lipinski definition) is 3. The number of benzene rings is 1. The summed E-state index contributed by atoms with van der Waals surface area (Å²) in [5, 5.41) is 0. The zero-order valence-electron chi connectivity index (χ0n) is 17.2. The zero-order chi connectivity index (χ0) is 20.3. The van der Waals surface area contributed by atoms with E-state index in [4.69, 9.17) is 0 Å². The largest absolute Gasteiger partial charge is 0.348 e. The summed E-state index contributed by atoms with van der Waals surface area (Å²) in [4.78, 5) is 36.4. The molecule has 3 heterocycles. The highest BCUT2D eigenvalue weighted by Gasteiger charge is 2.41. The summed E-state index contributed by atoms with van der Waals surface area (Å²) in [5.74, 6) is 0.477. The monoisotopic (exact) mass is 394 g/mol. The van der Waals surface area contributed by atoms with Gasteiger partial charge in [0.2, 0.25) is 11.8 Å². The van der Waals surface area contributed by atoms with Crippen LogP contribution in [0.15, 0.2) is 36.8 Å². The molecule has 2 amide bonds. The molecule has 6 nitrogen and oxygen atoms in total. The number of aromatic amines is 1. The first-order valence-corrected chi connectivity index (χ1v) is 10.6. The van der Waals surface area contributed by atoms with E-state index in [0.717, 1.165) is 63.1 Å². The van der Waals surface area contributed by atoms with Gasteiger partial charge in [0.05, 0.1) is 12.7 Å². The predicted octanol–water partition coefficient (Wildman–Crippen LogP) is 2.73. The fourth-order valence-electron chi connectivity index (χ4n) is 4.70. The number of piperidine rings is 2. The third-order valence-corrected chi connectivity index (χ3v) is 6.73. The summed E-state index contributed by atoms with van der Waals surface area (Å²) in [7, 11) is 0. The van der Waals surface area contributed by atoms with Crippen molar-refractivity contribution in [3.8, 4) is 0 Å². The summed E-state index contributed by atoms with van der Waals surface area (Å²) in [6.45, 7) is 5.21. The van der Waals surface area contributed by atoms with Gasteiger partial charge in [-0.05, 0) is 42.7 Å². The third-order valence-electron chi connectivity index (χ3n) is 6.73. The number of aromatic nitrogens is 2. The van der Waals surface area contributed by atoms with E-state index in [1.54, 1.807) is 6.33 Å². The smallest absolute Gasteiger partial charge is 0.226 e. The van der Waals surface area contributed by atoms with Crippen molar-refractivity contribution in [2.24, 2.45) is 5.41 Å². The van der Waals surface area contributed by atoms with Crippen molar-refractivity contribution in [2.45, 2.75) is 45.4 Å². The minimum Gasteiger partial charge on any atom is -0.348 e. The van der Waals surface area contributed by atoms with Crippen LogP contribution >= 0.6 is 0 Å². The van der Waals surface area contributed by atoms with Gasteiger partial charge in [0.15, 0.2) is 0 Å². The Morgan fingerprint density at radius 1 is 1.21 bits per heavy atom. The van der Waals surface area contributed by atoms with Gasteiger partial charge in [-0.25, -0.2) is 4.98 Å². The molecule has 4 rings (SSSR count). The average Bonchev–Trinajstić information content (AvgIpc) is 3.25. The van der Waals surface area contributed by atoms with Crippen molar-refractivity contribution in [1.82, 2.24) is 19.8 Å². The SMILES string of the molecule is Cc1ccccc1CC(=O)N1CCC2(CCC(=O)N(CCc3cnc[nH]3)C2)CC1. The number of nitrogens with zero attached hydrogens (tertiary/aromatic N) is 3. The average molecular weight is 395 g/mol. The molecule has 0 radical (unpaired) electrons. The van der Waals surface area contributed by atoms with Crippen LogP contribution in [-0.2, 0) is 22.4 Å². The normalized spacial score (nSPS) is 19.0. The Hall–Kier alpha value is -2.63. The van der Waals surface area contributed by atoms with Crippen molar-refractivity contribution in [1.29, 1.82) is 0 Å². The fraction of sp³-hybridized carbons (Fsp3) is 0.522. The second-order valence-corrected chi connectivity index (χ2v) is 8.63. The zero-order valence-corrected chi connectivity index (χ0v) is 17.2. The first-order chi connectivity index (χ1) is 14.0. The number of carbonyl (C=O) groups is 2. The van der Waals surface area contributed by atoms with Crippen LogP contribution in [0.3, 0.4) is 0 Å². The summed E-state index contributed by atoms with van der Waals surface area (Å²) in [6.07, 6.45) is 8.34. The molecule has 1 N–H and O–H groups in total. The maximum atomic E-state index is 12.8. The van der Waals surface area contributed by atoms with Crippen LogP contribution in [-0.4, -0.2) is 57.8 Å². The predicted molar refractivity (Wildman–Crippen MR) is 111 cm³/mol. The second kappa shape index (κ2) is 8.39. The Balaban J connectivity index is 1.32. The molecule has 0 aliphatic carbocycles. The van der Waals surface area contributed by atoms with Crippen LogP contribution in [0.4, 0.5) is 0 Å². The Labute approximate surface area is 172 Å². The van der Waals surface area contributed by atoms with Crippen LogP contribution in [0.1, 0.15) is 42.5 Å². The lowest BCUT2D eigenvalue weighted by atomic mass is 9.72. The van der Waals surface area contributed by atoms with Gasteiger partial charge in [-0.3, -0.25) is 9.59 Å². The summed E-state index contributed by atoms with van der Waals surface area (Å²) >= 11 is 0. The number of nitrogens with one attached hydrogen (secondary N) is 1. The lowest BCUT2D eigenvalue weighted by molar-refractivity contribution is -0.142. The van der Waals surface area contributed by atoms with Crippen molar-refractivity contribution >= 4 is 11.8 Å². The summed E-state index contributed by atoms with van der Waals surface area (Å²) < 4.78 is 0. The number of aryl methyl sites for hydroxylation is 1. The van der Waals surface area contributed by atoms with E-state index >= 15 is 0 Å². The van der Waals surface area contributed by atoms with Crippen molar-refractivity contribution in [3.05, 3.63) is 53.6 Å². The Morgan fingerprint density at radius 2 is 2.00 bits per heavy atom. The van der Waals surface area contributed by atoms with Gasteiger partial charge in [-0.15, -0.1) is 0 Å². The molecule has 6 heteroatoms. The van der Waals surface area contributed by atoms with Crippen LogP contribution in [0.5, 0.6) is 0 Å². The molecule has 29 heavy (non-hydrogen) atoms. The number of carbonyl (C=O) groups excluding carboxylic acids is 2. The molecule has 1 spiro atoms. The molecule has 0 unspecified atom stereocenters. The molecular formula is C23H30N4O2. The molecule has 2 aromatic rings. The van der Waals surface area contributed by atoms with E-state index < -0.39 is 0 Å². The molecule has 2 fully saturated rings. The third kappa shape index (κ3) is 4.52. The number of likely N-dealkylation sites (tertiary alicyclic amines) is 2. The molecule has 1 aromatic heterocycles. The number of imidazole rings is 1. The highest BCUT2D eigenvalue weighted by Crippen LogP contribution is 2.40. The quantitative estimate of drug-likeness (QED) is 0.848. The molecule has 154 valence electrons. The van der Waals surface area contributed by atoms with E-state index in [1.807, 2.05) is 34.2 Å². The second-order valence-electron chi connectivity index (χ2n) is 8.63. The fourth-order valence-corrected chi connectivity index (χ4v) is 4.70. The van der Waals surface area contributed by atoms with E-state index in [1.165, 1.54) is 5.56 Å². The lowest BCUT2D eigenvalue weighted by Crippen LogP contribution is -2.52. The molecule has 0 atom stereocenters. The van der Waals surface area contributed by atoms with Crippen LogP contribution in [0.2, 0.25) is 0 Å². The Kier molecular flexibility index (Phi) is 5.69. The maximum absolute atomic E-state index is 12.8. The van der Waals surface area contributed by atoms with Crippen LogP contribution in [0.25, 0.3) is 0 Å². The summed E-state index contributed by atoms with van der Waals surface area (Å²) in [5.41, 5.74) is 3.52. The highest BCUT2D eigenvalue weighted by atomic mass is 16.2. The van der Waals surface area contributed by atoms with Gasteiger partial charge in [0, 0.05) is 50.9 Å². The van der Waals surface area contributed by atoms with Gasteiger partial charge >= 0.3 is 0 Å². The van der Waals surface area contributed by atoms with E-state index in [9.17, 15) is 9.59 Å². The van der Waals surface area contributed by atoms with Crippen molar-refractivity contribution in [3.63, 3.8) is 0 Å². The van der Waals surface area contributed by atoms with Crippen LogP contribution < -0.4 is 0 Å². The first-order valence-electron chi connectivity index (χ1n) is 10.6. The molecule has 2 aliphatic rings. The van der Waals surface area contributed by atoms with Gasteiger partial charge in [0.1, 0.15) is 0 Å². The van der Waals surface area contributed by atoms with Crippen molar-refractivity contribution < 1.29 is 9.59 Å². The molecular weight excluding hydrogens is 364 g/mol. The minimum absolute atomic E-state index is 0.168. The van der Waals surface area contributed by atoms with Gasteiger partial charge in [-0.1, -0.05) is 24.3 Å². The first kappa shape index (κ1) is 19.7. The Bertz CT molecular complexity index is 854. The van der Waals surface area contributed by atoms with Gasteiger partial charge < -0.3 is 14.8 Å². The van der Waals surface area contributed by atoms with Gasteiger partial charge in [0.25, 0.3) is 0 Å². The molecule has 0 bridgehead atoms. The molecule has 2 aliphatic heterocycles. The topological polar surface area (TPSA) is 69.3 Å². The van der Waals surface area contributed by atoms with E-state index in [-0.39, 0.29) is 17.2 Å². The molecule has 1 aromatic carbocycles. The van der Waals surface area contributed by atoms with Crippen LogP contribution in [0, 0.1) is 12.3 Å². The number of hydrogen-bond donors (Lipinski definition) is 1. The number of H-pyrrole nitrogens is 1. The number of amides is 2. The Morgan fingerprint density at radius 3 is 2.72 bits per heavy atom. The highest BCUT2D eigenvalue weighted by molar-refractivity contribution is 5.79. The number of rotatable bonds is 5. The minimum atomic E-state index is 0.168. The van der Waals surface area contributed by atoms with Gasteiger partial charge in [-0.2, -0.15) is 0 Å².